The Bertz CT molecular complexity index is 896. The number of hydrogen-bond donors (Lipinski definition) is 2. The second-order valence-electron chi connectivity index (χ2n) is 7.05. The zero-order valence-electron chi connectivity index (χ0n) is 15.5. The van der Waals surface area contributed by atoms with Crippen molar-refractivity contribution in [3.63, 3.8) is 0 Å². The summed E-state index contributed by atoms with van der Waals surface area (Å²) in [6.07, 6.45) is 1.47. The topological polar surface area (TPSA) is 70.7 Å². The van der Waals surface area contributed by atoms with Crippen molar-refractivity contribution in [1.82, 2.24) is 0 Å². The van der Waals surface area contributed by atoms with E-state index in [4.69, 9.17) is 4.74 Å². The molecule has 2 N–H and O–H groups in total. The molecule has 0 bridgehead atoms. The summed E-state index contributed by atoms with van der Waals surface area (Å²) in [5, 5.41) is 6.08. The first-order chi connectivity index (χ1) is 13.0. The third-order valence-corrected chi connectivity index (χ3v) is 5.04. The molecule has 0 aromatic heterocycles. The second kappa shape index (κ2) is 6.95. The molecule has 2 aromatic carbocycles. The average molecular weight is 365 g/mol. The molecule has 6 heteroatoms. The Morgan fingerprint density at radius 1 is 1.30 bits per heavy atom. The van der Waals surface area contributed by atoms with Crippen molar-refractivity contribution in [1.29, 1.82) is 0 Å². The summed E-state index contributed by atoms with van der Waals surface area (Å²) < 4.78 is 5.57. The second-order valence-corrected chi connectivity index (χ2v) is 7.05. The summed E-state index contributed by atoms with van der Waals surface area (Å²) >= 11 is 0. The van der Waals surface area contributed by atoms with Gasteiger partial charge in [0.05, 0.1) is 5.69 Å². The Morgan fingerprint density at radius 2 is 2.11 bits per heavy atom. The Balaban J connectivity index is 1.50. The quantitative estimate of drug-likeness (QED) is 0.876. The highest BCUT2D eigenvalue weighted by atomic mass is 16.5. The van der Waals surface area contributed by atoms with Gasteiger partial charge in [-0.3, -0.25) is 9.59 Å². The first kappa shape index (κ1) is 17.4. The first-order valence-corrected chi connectivity index (χ1v) is 9.30. The van der Waals surface area contributed by atoms with Crippen LogP contribution in [0.4, 0.5) is 17.1 Å². The summed E-state index contributed by atoms with van der Waals surface area (Å²) in [4.78, 5) is 26.7. The minimum absolute atomic E-state index is 0.0359. The van der Waals surface area contributed by atoms with Crippen LogP contribution in [0.1, 0.15) is 25.8 Å². The molecule has 6 nitrogen and oxygen atoms in total. The van der Waals surface area contributed by atoms with Gasteiger partial charge < -0.3 is 20.3 Å². The van der Waals surface area contributed by atoms with E-state index in [9.17, 15) is 9.59 Å². The van der Waals surface area contributed by atoms with Crippen molar-refractivity contribution < 1.29 is 14.3 Å². The molecule has 0 spiro atoms. The number of fused-ring (bicyclic) bond motifs is 2. The number of hydrogen-bond acceptors (Lipinski definition) is 4. The van der Waals surface area contributed by atoms with Gasteiger partial charge in [-0.15, -0.1) is 0 Å². The summed E-state index contributed by atoms with van der Waals surface area (Å²) in [7, 11) is 0. The maximum Gasteiger partial charge on any atom is 0.265 e. The lowest BCUT2D eigenvalue weighted by molar-refractivity contribution is -0.122. The average Bonchev–Trinajstić information content (AvgIpc) is 2.68. The number of carbonyl (C=O) groups excluding carboxylic acids is 2. The molecule has 27 heavy (non-hydrogen) atoms. The van der Waals surface area contributed by atoms with Gasteiger partial charge in [0.15, 0.2) is 6.10 Å². The van der Waals surface area contributed by atoms with E-state index < -0.39 is 12.1 Å². The lowest BCUT2D eigenvalue weighted by Gasteiger charge is -2.32. The van der Waals surface area contributed by atoms with Gasteiger partial charge in [0.25, 0.3) is 5.91 Å². The van der Waals surface area contributed by atoms with Gasteiger partial charge in [-0.05, 0) is 56.5 Å². The number of para-hydroxylation sites is 1. The molecule has 2 unspecified atom stereocenters. The van der Waals surface area contributed by atoms with E-state index in [1.54, 1.807) is 19.1 Å². The number of amides is 2. The van der Waals surface area contributed by atoms with E-state index in [0.717, 1.165) is 30.8 Å². The van der Waals surface area contributed by atoms with E-state index in [-0.39, 0.29) is 11.8 Å². The van der Waals surface area contributed by atoms with Crippen LogP contribution in [0.25, 0.3) is 0 Å². The number of benzene rings is 2. The van der Waals surface area contributed by atoms with Crippen LogP contribution in [0.5, 0.6) is 5.75 Å². The Kier molecular flexibility index (Phi) is 4.48. The number of carbonyl (C=O) groups is 2. The van der Waals surface area contributed by atoms with Crippen LogP contribution in [0.2, 0.25) is 0 Å². The summed E-state index contributed by atoms with van der Waals surface area (Å²) in [5.41, 5.74) is 3.60. The van der Waals surface area contributed by atoms with E-state index in [2.05, 4.69) is 16.7 Å². The molecule has 0 saturated carbocycles. The lowest BCUT2D eigenvalue weighted by Crippen LogP contribution is -2.44. The normalized spacial score (nSPS) is 19.3. The fourth-order valence-corrected chi connectivity index (χ4v) is 3.61. The summed E-state index contributed by atoms with van der Waals surface area (Å²) in [5.74, 6) is 0.499. The molecule has 0 saturated heterocycles. The van der Waals surface area contributed by atoms with Crippen LogP contribution in [0.3, 0.4) is 0 Å². The van der Waals surface area contributed by atoms with Crippen molar-refractivity contribution in [2.45, 2.75) is 38.8 Å². The van der Waals surface area contributed by atoms with Crippen LogP contribution < -0.4 is 20.3 Å². The molecular weight excluding hydrogens is 342 g/mol. The monoisotopic (exact) mass is 365 g/mol. The fraction of sp³-hybridized carbons (Fsp3) is 0.333. The van der Waals surface area contributed by atoms with Gasteiger partial charge in [0.1, 0.15) is 11.8 Å². The smallest absolute Gasteiger partial charge is 0.265 e. The van der Waals surface area contributed by atoms with Gasteiger partial charge in [0, 0.05) is 17.9 Å². The van der Waals surface area contributed by atoms with Crippen LogP contribution in [-0.4, -0.2) is 30.5 Å². The standard InChI is InChI=1S/C21H23N3O3/c1-13(21(26)24-11-5-7-15-6-3-4-8-18(15)24)22-16-9-10-19-17(12-16)23-20(25)14(2)27-19/h3-4,6,8-10,12-14,22H,5,7,11H2,1-2H3,(H,23,25). The highest BCUT2D eigenvalue weighted by Crippen LogP contribution is 2.33. The maximum atomic E-state index is 13.0. The minimum atomic E-state index is -0.504. The molecule has 140 valence electrons. The number of aryl methyl sites for hydroxylation is 1. The molecule has 0 radical (unpaired) electrons. The minimum Gasteiger partial charge on any atom is -0.479 e. The van der Waals surface area contributed by atoms with Crippen LogP contribution in [0, 0.1) is 0 Å². The van der Waals surface area contributed by atoms with Gasteiger partial charge in [-0.2, -0.15) is 0 Å². The van der Waals surface area contributed by atoms with Gasteiger partial charge in [-0.1, -0.05) is 18.2 Å². The Hall–Kier alpha value is -3.02. The Labute approximate surface area is 158 Å². The van der Waals surface area contributed by atoms with Gasteiger partial charge in [0.2, 0.25) is 5.91 Å². The Morgan fingerprint density at radius 3 is 2.96 bits per heavy atom. The zero-order valence-corrected chi connectivity index (χ0v) is 15.5. The predicted molar refractivity (Wildman–Crippen MR) is 105 cm³/mol. The number of ether oxygens (including phenoxy) is 1. The molecule has 2 aliphatic heterocycles. The van der Waals surface area contributed by atoms with Crippen LogP contribution in [0.15, 0.2) is 42.5 Å². The van der Waals surface area contributed by atoms with Crippen molar-refractivity contribution in [2.75, 3.05) is 22.1 Å². The van der Waals surface area contributed by atoms with E-state index in [1.807, 2.05) is 36.1 Å². The summed E-state index contributed by atoms with van der Waals surface area (Å²) in [6.45, 7) is 4.30. The molecule has 4 rings (SSSR count). The van der Waals surface area contributed by atoms with Crippen LogP contribution >= 0.6 is 0 Å². The van der Waals surface area contributed by atoms with Gasteiger partial charge in [-0.25, -0.2) is 0 Å². The third kappa shape index (κ3) is 3.35. The van der Waals surface area contributed by atoms with Gasteiger partial charge >= 0.3 is 0 Å². The van der Waals surface area contributed by atoms with Crippen molar-refractivity contribution in [2.24, 2.45) is 0 Å². The van der Waals surface area contributed by atoms with Crippen molar-refractivity contribution in [3.8, 4) is 5.75 Å². The van der Waals surface area contributed by atoms with E-state index in [0.29, 0.717) is 11.4 Å². The van der Waals surface area contributed by atoms with Crippen molar-refractivity contribution in [3.05, 3.63) is 48.0 Å². The SMILES string of the molecule is CC(Nc1ccc2c(c1)NC(=O)C(C)O2)C(=O)N1CCCc2ccccc21. The highest BCUT2D eigenvalue weighted by Gasteiger charge is 2.27. The van der Waals surface area contributed by atoms with E-state index >= 15 is 0 Å². The first-order valence-electron chi connectivity index (χ1n) is 9.30. The molecule has 2 heterocycles. The molecule has 2 aromatic rings. The zero-order chi connectivity index (χ0) is 19.0. The molecule has 2 amide bonds. The maximum absolute atomic E-state index is 13.0. The lowest BCUT2D eigenvalue weighted by atomic mass is 10.0. The number of nitrogens with zero attached hydrogens (tertiary/aromatic N) is 1. The molecule has 2 atom stereocenters. The molecule has 0 aliphatic carbocycles. The number of anilines is 3. The summed E-state index contributed by atoms with van der Waals surface area (Å²) in [6, 6.07) is 13.1. The highest BCUT2D eigenvalue weighted by molar-refractivity contribution is 6.00. The van der Waals surface area contributed by atoms with Crippen molar-refractivity contribution >= 4 is 28.9 Å². The number of rotatable bonds is 3. The molecule has 2 aliphatic rings. The molecular formula is C21H23N3O3. The van der Waals surface area contributed by atoms with Crippen LogP contribution in [-0.2, 0) is 16.0 Å². The number of nitrogens with one attached hydrogen (secondary N) is 2. The third-order valence-electron chi connectivity index (χ3n) is 5.04. The predicted octanol–water partition coefficient (Wildman–Crippen LogP) is 3.19. The fourth-order valence-electron chi connectivity index (χ4n) is 3.61. The van der Waals surface area contributed by atoms with E-state index in [1.165, 1.54) is 5.56 Å². The molecule has 0 fully saturated rings. The largest absolute Gasteiger partial charge is 0.479 e.